The van der Waals surface area contributed by atoms with Crippen LogP contribution in [-0.4, -0.2) is 19.0 Å². The second-order valence-electron chi connectivity index (χ2n) is 6.66. The Balaban J connectivity index is 0.00000176. The number of carbonyl (C=O) groups is 1. The molecule has 2 N–H and O–H groups in total. The summed E-state index contributed by atoms with van der Waals surface area (Å²) < 4.78 is 0. The van der Waals surface area contributed by atoms with Crippen molar-refractivity contribution in [2.45, 2.75) is 45.1 Å². The lowest BCUT2D eigenvalue weighted by Gasteiger charge is -2.23. The summed E-state index contributed by atoms with van der Waals surface area (Å²) in [6, 6.07) is 8.73. The third kappa shape index (κ3) is 4.02. The first-order valence-corrected chi connectivity index (χ1v) is 8.32. The van der Waals surface area contributed by atoms with E-state index in [1.165, 1.54) is 24.0 Å². The molecule has 1 fully saturated rings. The van der Waals surface area contributed by atoms with Crippen molar-refractivity contribution in [2.75, 3.05) is 13.1 Å². The molecule has 0 spiro atoms. The third-order valence-electron chi connectivity index (χ3n) is 5.06. The lowest BCUT2D eigenvalue weighted by molar-refractivity contribution is -0.122. The molecule has 1 aliphatic heterocycles. The molecule has 122 valence electrons. The molecule has 1 saturated heterocycles. The molecule has 4 heteroatoms. The molecule has 0 aromatic heterocycles. The van der Waals surface area contributed by atoms with Crippen molar-refractivity contribution >= 4 is 18.3 Å². The van der Waals surface area contributed by atoms with Gasteiger partial charge in [-0.05, 0) is 61.7 Å². The summed E-state index contributed by atoms with van der Waals surface area (Å²) >= 11 is 0. The van der Waals surface area contributed by atoms with Gasteiger partial charge in [0.25, 0.3) is 0 Å². The van der Waals surface area contributed by atoms with Gasteiger partial charge in [0.1, 0.15) is 0 Å². The molecule has 1 aromatic rings. The summed E-state index contributed by atoms with van der Waals surface area (Å²) in [5, 5.41) is 6.65. The number of halogens is 1. The van der Waals surface area contributed by atoms with E-state index in [4.69, 9.17) is 0 Å². The van der Waals surface area contributed by atoms with Gasteiger partial charge >= 0.3 is 0 Å². The first-order valence-electron chi connectivity index (χ1n) is 8.32. The van der Waals surface area contributed by atoms with Crippen LogP contribution in [0.25, 0.3) is 0 Å². The zero-order chi connectivity index (χ0) is 14.7. The lowest BCUT2D eigenvalue weighted by Crippen LogP contribution is -2.32. The molecule has 1 aromatic carbocycles. The Hall–Kier alpha value is -1.06. The Bertz CT molecular complexity index is 500. The highest BCUT2D eigenvalue weighted by atomic mass is 35.5. The molecule has 3 nitrogen and oxygen atoms in total. The average molecular weight is 323 g/mol. The zero-order valence-electron chi connectivity index (χ0n) is 13.3. The highest BCUT2D eigenvalue weighted by molar-refractivity contribution is 5.85. The number of amides is 1. The maximum absolute atomic E-state index is 12.3. The number of rotatable bonds is 4. The van der Waals surface area contributed by atoms with Crippen molar-refractivity contribution in [3.8, 4) is 0 Å². The maximum Gasteiger partial charge on any atom is 0.220 e. The summed E-state index contributed by atoms with van der Waals surface area (Å²) in [5.41, 5.74) is 2.72. The first kappa shape index (κ1) is 17.3. The molecule has 2 atom stereocenters. The largest absolute Gasteiger partial charge is 0.349 e. The molecule has 1 heterocycles. The molecule has 0 bridgehead atoms. The van der Waals surface area contributed by atoms with Crippen LogP contribution in [0.3, 0.4) is 0 Å². The van der Waals surface area contributed by atoms with Crippen molar-refractivity contribution in [1.82, 2.24) is 10.6 Å². The highest BCUT2D eigenvalue weighted by Crippen LogP contribution is 2.35. The molecule has 1 amide bonds. The van der Waals surface area contributed by atoms with E-state index < -0.39 is 0 Å². The number of benzene rings is 1. The molecule has 22 heavy (non-hydrogen) atoms. The number of hydrogen-bond donors (Lipinski definition) is 2. The van der Waals surface area contributed by atoms with Gasteiger partial charge in [0.05, 0.1) is 6.04 Å². The van der Waals surface area contributed by atoms with Gasteiger partial charge in [-0.1, -0.05) is 31.2 Å². The van der Waals surface area contributed by atoms with E-state index in [2.05, 4.69) is 41.8 Å². The number of piperidine rings is 1. The van der Waals surface area contributed by atoms with E-state index >= 15 is 0 Å². The minimum Gasteiger partial charge on any atom is -0.349 e. The van der Waals surface area contributed by atoms with Gasteiger partial charge in [0, 0.05) is 6.42 Å². The van der Waals surface area contributed by atoms with Crippen molar-refractivity contribution in [3.63, 3.8) is 0 Å². The summed E-state index contributed by atoms with van der Waals surface area (Å²) in [5.74, 6) is 1.46. The number of carbonyl (C=O) groups excluding carboxylic acids is 1. The van der Waals surface area contributed by atoms with Gasteiger partial charge in [-0.2, -0.15) is 0 Å². The Morgan fingerprint density at radius 3 is 2.77 bits per heavy atom. The fourth-order valence-corrected chi connectivity index (χ4v) is 3.77. The zero-order valence-corrected chi connectivity index (χ0v) is 14.1. The van der Waals surface area contributed by atoms with E-state index in [0.717, 1.165) is 31.8 Å². The standard InChI is InChI=1S/C18H26N2O.ClH/c1-13-12-15-4-2-3-5-16(15)18(13)20-17(21)7-6-14-8-10-19-11-9-14;/h2-5,13-14,18-19H,6-12H2,1H3,(H,20,21);1H. The van der Waals surface area contributed by atoms with Crippen LogP contribution in [0.5, 0.6) is 0 Å². The molecule has 0 saturated carbocycles. The maximum atomic E-state index is 12.3. The molecular formula is C18H27ClN2O. The van der Waals surface area contributed by atoms with E-state index in [0.29, 0.717) is 12.3 Å². The summed E-state index contributed by atoms with van der Waals surface area (Å²) in [6.45, 7) is 4.45. The number of nitrogens with one attached hydrogen (secondary N) is 2. The number of hydrogen-bond acceptors (Lipinski definition) is 2. The predicted octanol–water partition coefficient (Wildman–Crippen LogP) is 3.24. The van der Waals surface area contributed by atoms with Crippen LogP contribution < -0.4 is 10.6 Å². The highest BCUT2D eigenvalue weighted by Gasteiger charge is 2.30. The van der Waals surface area contributed by atoms with Crippen LogP contribution in [0.2, 0.25) is 0 Å². The third-order valence-corrected chi connectivity index (χ3v) is 5.06. The predicted molar refractivity (Wildman–Crippen MR) is 92.3 cm³/mol. The Labute approximate surface area is 139 Å². The molecule has 2 unspecified atom stereocenters. The fraction of sp³-hybridized carbons (Fsp3) is 0.611. The van der Waals surface area contributed by atoms with E-state index in [1.807, 2.05) is 0 Å². The molecule has 0 radical (unpaired) electrons. The second-order valence-corrected chi connectivity index (χ2v) is 6.66. The monoisotopic (exact) mass is 322 g/mol. The first-order chi connectivity index (χ1) is 10.2. The van der Waals surface area contributed by atoms with Gasteiger partial charge < -0.3 is 10.6 Å². The molecular weight excluding hydrogens is 296 g/mol. The topological polar surface area (TPSA) is 41.1 Å². The summed E-state index contributed by atoms with van der Waals surface area (Å²) in [7, 11) is 0. The van der Waals surface area contributed by atoms with Gasteiger partial charge in [-0.3, -0.25) is 4.79 Å². The Morgan fingerprint density at radius 2 is 2.00 bits per heavy atom. The van der Waals surface area contributed by atoms with Crippen molar-refractivity contribution < 1.29 is 4.79 Å². The van der Waals surface area contributed by atoms with Crippen molar-refractivity contribution in [3.05, 3.63) is 35.4 Å². The minimum atomic E-state index is 0. The van der Waals surface area contributed by atoms with Crippen LogP contribution in [0.4, 0.5) is 0 Å². The van der Waals surface area contributed by atoms with Crippen LogP contribution >= 0.6 is 12.4 Å². The van der Waals surface area contributed by atoms with Crippen molar-refractivity contribution in [1.29, 1.82) is 0 Å². The Kier molecular flexibility index (Phi) is 6.27. The van der Waals surface area contributed by atoms with Gasteiger partial charge in [-0.15, -0.1) is 12.4 Å². The smallest absolute Gasteiger partial charge is 0.220 e. The van der Waals surface area contributed by atoms with Gasteiger partial charge in [0.15, 0.2) is 0 Å². The van der Waals surface area contributed by atoms with E-state index in [-0.39, 0.29) is 24.4 Å². The van der Waals surface area contributed by atoms with Gasteiger partial charge in [-0.25, -0.2) is 0 Å². The van der Waals surface area contributed by atoms with Crippen LogP contribution in [-0.2, 0) is 11.2 Å². The van der Waals surface area contributed by atoms with E-state index in [9.17, 15) is 4.79 Å². The molecule has 2 aliphatic rings. The average Bonchev–Trinajstić information content (AvgIpc) is 2.82. The SMILES string of the molecule is CC1Cc2ccccc2C1NC(=O)CCC1CCNCC1.Cl. The molecule has 3 rings (SSSR count). The quantitative estimate of drug-likeness (QED) is 0.893. The van der Waals surface area contributed by atoms with Gasteiger partial charge in [0.2, 0.25) is 5.91 Å². The van der Waals surface area contributed by atoms with E-state index in [1.54, 1.807) is 0 Å². The minimum absolute atomic E-state index is 0. The Morgan fingerprint density at radius 1 is 1.27 bits per heavy atom. The summed E-state index contributed by atoms with van der Waals surface area (Å²) in [6.07, 6.45) is 5.23. The molecule has 1 aliphatic carbocycles. The second kappa shape index (κ2) is 7.98. The van der Waals surface area contributed by atoms with Crippen LogP contribution in [0.15, 0.2) is 24.3 Å². The normalized spacial score (nSPS) is 24.4. The number of fused-ring (bicyclic) bond motifs is 1. The van der Waals surface area contributed by atoms with Crippen LogP contribution in [0, 0.1) is 11.8 Å². The summed E-state index contributed by atoms with van der Waals surface area (Å²) in [4.78, 5) is 12.3. The fourth-order valence-electron chi connectivity index (χ4n) is 3.77. The lowest BCUT2D eigenvalue weighted by atomic mass is 9.93. The van der Waals surface area contributed by atoms with Crippen LogP contribution in [0.1, 0.15) is 49.8 Å². The van der Waals surface area contributed by atoms with Crippen molar-refractivity contribution in [2.24, 2.45) is 11.8 Å².